The van der Waals surface area contributed by atoms with Crippen LogP contribution in [0.5, 0.6) is 0 Å². The van der Waals surface area contributed by atoms with Gasteiger partial charge in [-0.2, -0.15) is 13.2 Å². The molecule has 2 rings (SSSR count). The standard InChI is InChI=1S/C10H10ClF3N2/c11-6-2-1-3-7(15)8(6)16-9(4-5-9)10(12,13)14/h1-3,16H,4-5,15H2. The fourth-order valence-electron chi connectivity index (χ4n) is 1.52. The fourth-order valence-corrected chi connectivity index (χ4v) is 1.75. The molecule has 0 aliphatic heterocycles. The summed E-state index contributed by atoms with van der Waals surface area (Å²) in [6.45, 7) is 0. The summed E-state index contributed by atoms with van der Waals surface area (Å²) in [7, 11) is 0. The van der Waals surface area contributed by atoms with Gasteiger partial charge in [0.25, 0.3) is 0 Å². The Balaban J connectivity index is 2.29. The van der Waals surface area contributed by atoms with Gasteiger partial charge in [0.05, 0.1) is 16.4 Å². The quantitative estimate of drug-likeness (QED) is 0.789. The van der Waals surface area contributed by atoms with Crippen LogP contribution >= 0.6 is 11.6 Å². The first-order valence-corrected chi connectivity index (χ1v) is 5.12. The number of hydrogen-bond acceptors (Lipinski definition) is 2. The minimum Gasteiger partial charge on any atom is -0.397 e. The first-order chi connectivity index (χ1) is 7.36. The van der Waals surface area contributed by atoms with Crippen molar-refractivity contribution in [1.29, 1.82) is 0 Å². The average Bonchev–Trinajstić information content (AvgIpc) is 2.91. The van der Waals surface area contributed by atoms with Gasteiger partial charge in [-0.1, -0.05) is 17.7 Å². The van der Waals surface area contributed by atoms with Crippen molar-refractivity contribution in [3.8, 4) is 0 Å². The molecule has 0 aromatic heterocycles. The van der Waals surface area contributed by atoms with E-state index in [1.54, 1.807) is 6.07 Å². The number of hydrogen-bond donors (Lipinski definition) is 2. The monoisotopic (exact) mass is 250 g/mol. The molecule has 0 saturated heterocycles. The third kappa shape index (κ3) is 1.80. The topological polar surface area (TPSA) is 38.0 Å². The third-order valence-corrected chi connectivity index (χ3v) is 3.02. The third-order valence-electron chi connectivity index (χ3n) is 2.70. The Hall–Kier alpha value is -1.10. The molecule has 6 heteroatoms. The van der Waals surface area contributed by atoms with E-state index in [-0.39, 0.29) is 29.2 Å². The summed E-state index contributed by atoms with van der Waals surface area (Å²) in [5, 5.41) is 2.63. The van der Waals surface area contributed by atoms with Crippen molar-refractivity contribution in [3.05, 3.63) is 23.2 Å². The van der Waals surface area contributed by atoms with Crippen LogP contribution in [0.2, 0.25) is 5.02 Å². The Bertz CT molecular complexity index is 393. The second-order valence-corrected chi connectivity index (χ2v) is 4.32. The maximum atomic E-state index is 12.7. The van der Waals surface area contributed by atoms with E-state index in [1.807, 2.05) is 0 Å². The van der Waals surface area contributed by atoms with Crippen LogP contribution in [0.1, 0.15) is 12.8 Å². The number of rotatable bonds is 2. The Kier molecular flexibility index (Phi) is 2.45. The molecule has 1 aromatic carbocycles. The van der Waals surface area contributed by atoms with Crippen LogP contribution in [0.3, 0.4) is 0 Å². The smallest absolute Gasteiger partial charge is 0.397 e. The number of nitrogen functional groups attached to an aromatic ring is 1. The predicted molar refractivity (Wildman–Crippen MR) is 57.5 cm³/mol. The van der Waals surface area contributed by atoms with Gasteiger partial charge in [0.1, 0.15) is 5.54 Å². The lowest BCUT2D eigenvalue weighted by molar-refractivity contribution is -0.151. The van der Waals surface area contributed by atoms with Crippen molar-refractivity contribution in [3.63, 3.8) is 0 Å². The van der Waals surface area contributed by atoms with Crippen molar-refractivity contribution < 1.29 is 13.2 Å². The van der Waals surface area contributed by atoms with Gasteiger partial charge in [0, 0.05) is 0 Å². The maximum Gasteiger partial charge on any atom is 0.411 e. The summed E-state index contributed by atoms with van der Waals surface area (Å²) in [6, 6.07) is 4.61. The summed E-state index contributed by atoms with van der Waals surface area (Å²) < 4.78 is 38.1. The van der Waals surface area contributed by atoms with Crippen LogP contribution in [-0.4, -0.2) is 11.7 Å². The number of nitrogens with two attached hydrogens (primary N) is 1. The first-order valence-electron chi connectivity index (χ1n) is 4.75. The van der Waals surface area contributed by atoms with Crippen LogP contribution in [0.25, 0.3) is 0 Å². The van der Waals surface area contributed by atoms with Gasteiger partial charge in [-0.15, -0.1) is 0 Å². The molecule has 2 nitrogen and oxygen atoms in total. The summed E-state index contributed by atoms with van der Waals surface area (Å²) in [4.78, 5) is 0. The molecule has 16 heavy (non-hydrogen) atoms. The molecule has 1 aliphatic carbocycles. The maximum absolute atomic E-state index is 12.7. The number of nitrogens with one attached hydrogen (secondary N) is 1. The van der Waals surface area contributed by atoms with E-state index in [1.165, 1.54) is 12.1 Å². The Labute approximate surface area is 95.6 Å². The highest BCUT2D eigenvalue weighted by Crippen LogP contribution is 2.52. The van der Waals surface area contributed by atoms with Gasteiger partial charge in [0.2, 0.25) is 0 Å². The van der Waals surface area contributed by atoms with Crippen LogP contribution in [0.4, 0.5) is 24.5 Å². The lowest BCUT2D eigenvalue weighted by Crippen LogP contribution is -2.38. The molecule has 3 N–H and O–H groups in total. The highest BCUT2D eigenvalue weighted by molar-refractivity contribution is 6.33. The van der Waals surface area contributed by atoms with Gasteiger partial charge in [-0.3, -0.25) is 0 Å². The van der Waals surface area contributed by atoms with Crippen molar-refractivity contribution in [2.24, 2.45) is 0 Å². The second-order valence-electron chi connectivity index (χ2n) is 3.91. The van der Waals surface area contributed by atoms with E-state index < -0.39 is 11.7 Å². The summed E-state index contributed by atoms with van der Waals surface area (Å²) in [6.07, 6.45) is -4.17. The molecule has 0 spiro atoms. The highest BCUT2D eigenvalue weighted by atomic mass is 35.5. The largest absolute Gasteiger partial charge is 0.411 e. The van der Waals surface area contributed by atoms with E-state index in [2.05, 4.69) is 5.32 Å². The Morgan fingerprint density at radius 3 is 2.38 bits per heavy atom. The number of benzene rings is 1. The minimum atomic E-state index is -4.28. The molecule has 0 amide bonds. The molecule has 1 aliphatic rings. The second kappa shape index (κ2) is 3.45. The van der Waals surface area contributed by atoms with E-state index in [0.29, 0.717) is 0 Å². The number of halogens is 4. The first kappa shape index (κ1) is 11.4. The predicted octanol–water partition coefficient (Wildman–Crippen LogP) is 3.43. The van der Waals surface area contributed by atoms with Gasteiger partial charge in [0.15, 0.2) is 0 Å². The van der Waals surface area contributed by atoms with Gasteiger partial charge < -0.3 is 11.1 Å². The minimum absolute atomic E-state index is 0.0567. The van der Waals surface area contributed by atoms with E-state index in [9.17, 15) is 13.2 Å². The lowest BCUT2D eigenvalue weighted by atomic mass is 10.2. The Morgan fingerprint density at radius 1 is 1.31 bits per heavy atom. The van der Waals surface area contributed by atoms with Crippen molar-refractivity contribution in [2.45, 2.75) is 24.6 Å². The zero-order valence-electron chi connectivity index (χ0n) is 8.24. The van der Waals surface area contributed by atoms with Gasteiger partial charge in [-0.05, 0) is 25.0 Å². The molecular weight excluding hydrogens is 241 g/mol. The van der Waals surface area contributed by atoms with E-state index >= 15 is 0 Å². The fraction of sp³-hybridized carbons (Fsp3) is 0.400. The van der Waals surface area contributed by atoms with Gasteiger partial charge >= 0.3 is 6.18 Å². The highest BCUT2D eigenvalue weighted by Gasteiger charge is 2.63. The molecule has 0 radical (unpaired) electrons. The molecule has 0 heterocycles. The zero-order valence-corrected chi connectivity index (χ0v) is 8.99. The van der Waals surface area contributed by atoms with Crippen LogP contribution in [-0.2, 0) is 0 Å². The molecule has 1 saturated carbocycles. The number of alkyl halides is 3. The lowest BCUT2D eigenvalue weighted by Gasteiger charge is -2.23. The molecule has 1 fully saturated rings. The molecule has 0 unspecified atom stereocenters. The summed E-state index contributed by atoms with van der Waals surface area (Å²) in [5.74, 6) is 0. The molecule has 0 atom stereocenters. The molecule has 88 valence electrons. The summed E-state index contributed by atoms with van der Waals surface area (Å²) >= 11 is 5.80. The molecule has 0 bridgehead atoms. The molecule has 1 aromatic rings. The van der Waals surface area contributed by atoms with Crippen molar-refractivity contribution in [2.75, 3.05) is 11.1 Å². The van der Waals surface area contributed by atoms with Crippen molar-refractivity contribution in [1.82, 2.24) is 0 Å². The van der Waals surface area contributed by atoms with E-state index in [4.69, 9.17) is 17.3 Å². The SMILES string of the molecule is Nc1cccc(Cl)c1NC1(C(F)(F)F)CC1. The van der Waals surface area contributed by atoms with Gasteiger partial charge in [-0.25, -0.2) is 0 Å². The van der Waals surface area contributed by atoms with E-state index in [0.717, 1.165) is 0 Å². The number of para-hydroxylation sites is 1. The number of anilines is 2. The van der Waals surface area contributed by atoms with Crippen molar-refractivity contribution >= 4 is 23.0 Å². The molecular formula is C10H10ClF3N2. The average molecular weight is 251 g/mol. The zero-order chi connectivity index (χ0) is 12.0. The van der Waals surface area contributed by atoms with Crippen LogP contribution in [0.15, 0.2) is 18.2 Å². The van der Waals surface area contributed by atoms with Crippen LogP contribution in [0, 0.1) is 0 Å². The van der Waals surface area contributed by atoms with Crippen LogP contribution < -0.4 is 11.1 Å². The summed E-state index contributed by atoms with van der Waals surface area (Å²) in [5.41, 5.74) is 4.13. The normalized spacial score (nSPS) is 18.2. The Morgan fingerprint density at radius 2 is 1.94 bits per heavy atom.